The van der Waals surface area contributed by atoms with Gasteiger partial charge in [0.25, 0.3) is 5.91 Å². The minimum absolute atomic E-state index is 0.0742. The van der Waals surface area contributed by atoms with Crippen molar-refractivity contribution in [3.8, 4) is 0 Å². The summed E-state index contributed by atoms with van der Waals surface area (Å²) in [5, 5.41) is 5.02. The van der Waals surface area contributed by atoms with Gasteiger partial charge < -0.3 is 5.32 Å². The molecule has 0 aliphatic carbocycles. The van der Waals surface area contributed by atoms with E-state index in [1.807, 2.05) is 56.3 Å². The lowest BCUT2D eigenvalue weighted by Crippen LogP contribution is -2.15. The molecule has 104 valence electrons. The van der Waals surface area contributed by atoms with E-state index in [9.17, 15) is 4.79 Å². The lowest BCUT2D eigenvalue weighted by Gasteiger charge is -2.12. The van der Waals surface area contributed by atoms with Gasteiger partial charge in [0.05, 0.1) is 0 Å². The Labute approximate surface area is 123 Å². The monoisotopic (exact) mass is 276 g/mol. The number of aryl methyl sites for hydroxylation is 2. The van der Waals surface area contributed by atoms with Crippen LogP contribution in [-0.4, -0.2) is 10.9 Å². The fourth-order valence-corrected chi connectivity index (χ4v) is 2.59. The number of amides is 1. The zero-order valence-corrected chi connectivity index (χ0v) is 12.1. The van der Waals surface area contributed by atoms with Crippen LogP contribution in [0.15, 0.2) is 54.9 Å². The first-order chi connectivity index (χ1) is 10.2. The molecule has 1 N–H and O–H groups in total. The fraction of sp³-hybridized carbons (Fsp3) is 0.111. The second-order valence-electron chi connectivity index (χ2n) is 5.12. The molecule has 0 saturated carbocycles. The van der Waals surface area contributed by atoms with Gasteiger partial charge >= 0.3 is 0 Å². The summed E-state index contributed by atoms with van der Waals surface area (Å²) < 4.78 is 0. The molecule has 21 heavy (non-hydrogen) atoms. The summed E-state index contributed by atoms with van der Waals surface area (Å²) in [6.07, 6.45) is 3.53. The van der Waals surface area contributed by atoms with E-state index in [0.717, 1.165) is 33.2 Å². The first-order valence-electron chi connectivity index (χ1n) is 6.87. The number of aromatic nitrogens is 1. The van der Waals surface area contributed by atoms with Crippen molar-refractivity contribution in [2.24, 2.45) is 0 Å². The van der Waals surface area contributed by atoms with Gasteiger partial charge in [-0.3, -0.25) is 9.78 Å². The van der Waals surface area contributed by atoms with Crippen molar-refractivity contribution in [2.45, 2.75) is 13.8 Å². The molecule has 3 nitrogen and oxygen atoms in total. The maximum atomic E-state index is 12.6. The number of carbonyl (C=O) groups is 1. The van der Waals surface area contributed by atoms with Gasteiger partial charge in [-0.2, -0.15) is 0 Å². The maximum Gasteiger partial charge on any atom is 0.256 e. The quantitative estimate of drug-likeness (QED) is 0.765. The Morgan fingerprint density at radius 1 is 1.00 bits per heavy atom. The molecule has 0 atom stereocenters. The highest BCUT2D eigenvalue weighted by atomic mass is 16.1. The van der Waals surface area contributed by atoms with Crippen molar-refractivity contribution < 1.29 is 4.79 Å². The van der Waals surface area contributed by atoms with Crippen LogP contribution < -0.4 is 5.32 Å². The minimum Gasteiger partial charge on any atom is -0.321 e. The molecule has 0 spiro atoms. The third-order valence-corrected chi connectivity index (χ3v) is 3.64. The van der Waals surface area contributed by atoms with Crippen molar-refractivity contribution in [1.82, 2.24) is 4.98 Å². The van der Waals surface area contributed by atoms with Crippen molar-refractivity contribution in [3.63, 3.8) is 0 Å². The average Bonchev–Trinajstić information content (AvgIpc) is 2.47. The van der Waals surface area contributed by atoms with Gasteiger partial charge in [-0.1, -0.05) is 30.3 Å². The lowest BCUT2D eigenvalue weighted by molar-refractivity contribution is 0.102. The van der Waals surface area contributed by atoms with Crippen LogP contribution in [0.1, 0.15) is 21.5 Å². The minimum atomic E-state index is -0.0742. The van der Waals surface area contributed by atoms with E-state index in [-0.39, 0.29) is 5.91 Å². The Balaban J connectivity index is 2.01. The van der Waals surface area contributed by atoms with E-state index < -0.39 is 0 Å². The number of nitrogens with zero attached hydrogens (tertiary/aromatic N) is 1. The molecule has 2 aromatic carbocycles. The first-order valence-corrected chi connectivity index (χ1v) is 6.87. The molecular formula is C18H16N2O. The zero-order chi connectivity index (χ0) is 14.8. The van der Waals surface area contributed by atoms with E-state index in [1.54, 1.807) is 12.4 Å². The van der Waals surface area contributed by atoms with Crippen LogP contribution in [0.5, 0.6) is 0 Å². The van der Waals surface area contributed by atoms with Gasteiger partial charge in [0.1, 0.15) is 0 Å². The zero-order valence-electron chi connectivity index (χ0n) is 12.1. The average molecular weight is 276 g/mol. The number of pyridine rings is 1. The third kappa shape index (κ3) is 2.50. The second-order valence-corrected chi connectivity index (χ2v) is 5.12. The van der Waals surface area contributed by atoms with E-state index in [1.165, 1.54) is 0 Å². The smallest absolute Gasteiger partial charge is 0.256 e. The molecular weight excluding hydrogens is 260 g/mol. The number of fused-ring (bicyclic) bond motifs is 1. The molecule has 0 radical (unpaired) electrons. The lowest BCUT2D eigenvalue weighted by atomic mass is 10.0. The van der Waals surface area contributed by atoms with Crippen LogP contribution in [-0.2, 0) is 0 Å². The summed E-state index contributed by atoms with van der Waals surface area (Å²) in [5.74, 6) is -0.0742. The largest absolute Gasteiger partial charge is 0.321 e. The molecule has 3 aromatic rings. The molecule has 0 unspecified atom stereocenters. The molecule has 0 saturated heterocycles. The maximum absolute atomic E-state index is 12.6. The van der Waals surface area contributed by atoms with E-state index in [4.69, 9.17) is 0 Å². The van der Waals surface area contributed by atoms with Crippen molar-refractivity contribution in [3.05, 3.63) is 71.5 Å². The number of anilines is 1. The first kappa shape index (κ1) is 13.3. The molecule has 3 heteroatoms. The van der Waals surface area contributed by atoms with Crippen LogP contribution >= 0.6 is 0 Å². The van der Waals surface area contributed by atoms with Crippen molar-refractivity contribution >= 4 is 22.4 Å². The molecule has 0 bridgehead atoms. The van der Waals surface area contributed by atoms with E-state index in [2.05, 4.69) is 10.3 Å². The predicted molar refractivity (Wildman–Crippen MR) is 85.6 cm³/mol. The predicted octanol–water partition coefficient (Wildman–Crippen LogP) is 4.10. The Kier molecular flexibility index (Phi) is 3.40. The fourth-order valence-electron chi connectivity index (χ4n) is 2.59. The Morgan fingerprint density at radius 3 is 2.48 bits per heavy atom. The summed E-state index contributed by atoms with van der Waals surface area (Å²) >= 11 is 0. The highest BCUT2D eigenvalue weighted by molar-refractivity contribution is 6.10. The van der Waals surface area contributed by atoms with Crippen LogP contribution in [0.25, 0.3) is 10.8 Å². The highest BCUT2D eigenvalue weighted by Gasteiger charge is 2.13. The summed E-state index contributed by atoms with van der Waals surface area (Å²) in [6, 6.07) is 13.6. The summed E-state index contributed by atoms with van der Waals surface area (Å²) in [5.41, 5.74) is 3.51. The van der Waals surface area contributed by atoms with Crippen LogP contribution in [0, 0.1) is 13.8 Å². The van der Waals surface area contributed by atoms with Crippen molar-refractivity contribution in [2.75, 3.05) is 5.32 Å². The number of nitrogens with one attached hydrogen (secondary N) is 1. The number of benzene rings is 2. The molecule has 1 amide bonds. The van der Waals surface area contributed by atoms with Gasteiger partial charge in [0, 0.05) is 34.4 Å². The Bertz CT molecular complexity index is 799. The van der Waals surface area contributed by atoms with Crippen LogP contribution in [0.4, 0.5) is 5.69 Å². The van der Waals surface area contributed by atoms with Crippen LogP contribution in [0.3, 0.4) is 0 Å². The molecule has 1 heterocycles. The third-order valence-electron chi connectivity index (χ3n) is 3.64. The second kappa shape index (κ2) is 5.37. The highest BCUT2D eigenvalue weighted by Crippen LogP contribution is 2.23. The molecule has 1 aromatic heterocycles. The topological polar surface area (TPSA) is 42.0 Å². The number of hydrogen-bond acceptors (Lipinski definition) is 2. The standard InChI is InChI=1S/C18H16N2O/c1-12-5-3-6-13(2)17(12)18(21)20-16-8-4-7-14-11-19-10-9-15(14)16/h3-11H,1-2H3,(H,20,21). The van der Waals surface area contributed by atoms with E-state index in [0.29, 0.717) is 0 Å². The van der Waals surface area contributed by atoms with Gasteiger partial charge in [-0.05, 0) is 37.1 Å². The molecule has 0 fully saturated rings. The molecule has 0 aliphatic rings. The Hall–Kier alpha value is -2.68. The van der Waals surface area contributed by atoms with Gasteiger partial charge in [0.2, 0.25) is 0 Å². The number of hydrogen-bond donors (Lipinski definition) is 1. The van der Waals surface area contributed by atoms with Gasteiger partial charge in [0.15, 0.2) is 0 Å². The number of rotatable bonds is 2. The van der Waals surface area contributed by atoms with Gasteiger partial charge in [-0.25, -0.2) is 0 Å². The van der Waals surface area contributed by atoms with Crippen LogP contribution in [0.2, 0.25) is 0 Å². The summed E-state index contributed by atoms with van der Waals surface area (Å²) in [6.45, 7) is 3.91. The number of carbonyl (C=O) groups excluding carboxylic acids is 1. The van der Waals surface area contributed by atoms with E-state index >= 15 is 0 Å². The normalized spacial score (nSPS) is 10.6. The molecule has 0 aliphatic heterocycles. The Morgan fingerprint density at radius 2 is 1.71 bits per heavy atom. The van der Waals surface area contributed by atoms with Gasteiger partial charge in [-0.15, -0.1) is 0 Å². The SMILES string of the molecule is Cc1cccc(C)c1C(=O)Nc1cccc2cnccc12. The summed E-state index contributed by atoms with van der Waals surface area (Å²) in [4.78, 5) is 16.7. The van der Waals surface area contributed by atoms with Crippen molar-refractivity contribution in [1.29, 1.82) is 0 Å². The molecule has 3 rings (SSSR count). The summed E-state index contributed by atoms with van der Waals surface area (Å²) in [7, 11) is 0.